The third-order valence-electron chi connectivity index (χ3n) is 3.11. The second-order valence-corrected chi connectivity index (χ2v) is 5.25. The van der Waals surface area contributed by atoms with Crippen LogP contribution in [0.25, 0.3) is 0 Å². The standard InChI is InChI=1S/C11H17BrN4O/c1-7-6-16(4-3-9(7)17)11-14-5-8(12)10(13-2)15-11/h5,7,9,17H,3-4,6H2,1-2H3,(H,13,14,15). The topological polar surface area (TPSA) is 61.3 Å². The van der Waals surface area contributed by atoms with Crippen molar-refractivity contribution in [1.29, 1.82) is 0 Å². The molecule has 94 valence electrons. The Bertz CT molecular complexity index is 401. The van der Waals surface area contributed by atoms with Crippen molar-refractivity contribution in [2.75, 3.05) is 30.4 Å². The van der Waals surface area contributed by atoms with Gasteiger partial charge in [0.05, 0.1) is 10.6 Å². The summed E-state index contributed by atoms with van der Waals surface area (Å²) in [5, 5.41) is 12.7. The zero-order chi connectivity index (χ0) is 12.4. The largest absolute Gasteiger partial charge is 0.393 e. The van der Waals surface area contributed by atoms with Crippen LogP contribution in [0, 0.1) is 5.92 Å². The molecule has 0 saturated carbocycles. The highest BCUT2D eigenvalue weighted by atomic mass is 79.9. The van der Waals surface area contributed by atoms with Crippen molar-refractivity contribution in [2.45, 2.75) is 19.4 Å². The lowest BCUT2D eigenvalue weighted by Crippen LogP contribution is -2.42. The summed E-state index contributed by atoms with van der Waals surface area (Å²) in [4.78, 5) is 10.9. The van der Waals surface area contributed by atoms with Crippen molar-refractivity contribution in [3.05, 3.63) is 10.7 Å². The lowest BCUT2D eigenvalue weighted by Gasteiger charge is -2.34. The van der Waals surface area contributed by atoms with E-state index in [4.69, 9.17) is 0 Å². The van der Waals surface area contributed by atoms with Crippen molar-refractivity contribution in [3.63, 3.8) is 0 Å². The molecule has 0 aromatic carbocycles. The van der Waals surface area contributed by atoms with E-state index >= 15 is 0 Å². The van der Waals surface area contributed by atoms with Crippen LogP contribution >= 0.6 is 15.9 Å². The predicted octanol–water partition coefficient (Wildman–Crippen LogP) is 1.49. The van der Waals surface area contributed by atoms with E-state index in [1.807, 2.05) is 7.05 Å². The minimum Gasteiger partial charge on any atom is -0.393 e. The van der Waals surface area contributed by atoms with Gasteiger partial charge in [-0.1, -0.05) is 6.92 Å². The third-order valence-corrected chi connectivity index (χ3v) is 3.69. The third kappa shape index (κ3) is 2.69. The number of aliphatic hydroxyl groups excluding tert-OH is 1. The van der Waals surface area contributed by atoms with Crippen molar-refractivity contribution >= 4 is 27.7 Å². The average molecular weight is 301 g/mol. The quantitative estimate of drug-likeness (QED) is 0.866. The van der Waals surface area contributed by atoms with Crippen LogP contribution in [0.2, 0.25) is 0 Å². The molecule has 2 atom stereocenters. The van der Waals surface area contributed by atoms with Crippen LogP contribution in [0.15, 0.2) is 10.7 Å². The molecule has 5 nitrogen and oxygen atoms in total. The monoisotopic (exact) mass is 300 g/mol. The van der Waals surface area contributed by atoms with Crippen LogP contribution in [0.3, 0.4) is 0 Å². The van der Waals surface area contributed by atoms with Gasteiger partial charge in [-0.2, -0.15) is 4.98 Å². The van der Waals surface area contributed by atoms with Gasteiger partial charge in [-0.15, -0.1) is 0 Å². The molecule has 17 heavy (non-hydrogen) atoms. The molecule has 1 aliphatic rings. The summed E-state index contributed by atoms with van der Waals surface area (Å²) in [6, 6.07) is 0. The van der Waals surface area contributed by atoms with Crippen LogP contribution in [-0.2, 0) is 0 Å². The molecule has 1 aromatic rings. The molecule has 0 radical (unpaired) electrons. The van der Waals surface area contributed by atoms with Gasteiger partial charge in [0.2, 0.25) is 5.95 Å². The molecule has 0 bridgehead atoms. The number of aliphatic hydroxyl groups is 1. The number of hydrogen-bond acceptors (Lipinski definition) is 5. The van der Waals surface area contributed by atoms with E-state index in [0.717, 1.165) is 35.7 Å². The lowest BCUT2D eigenvalue weighted by molar-refractivity contribution is 0.0966. The Morgan fingerprint density at radius 3 is 3.00 bits per heavy atom. The van der Waals surface area contributed by atoms with Crippen LogP contribution < -0.4 is 10.2 Å². The number of piperidine rings is 1. The first-order valence-electron chi connectivity index (χ1n) is 5.75. The zero-order valence-electron chi connectivity index (χ0n) is 10.0. The van der Waals surface area contributed by atoms with Crippen LogP contribution in [-0.4, -0.2) is 41.3 Å². The van der Waals surface area contributed by atoms with Crippen LogP contribution in [0.5, 0.6) is 0 Å². The zero-order valence-corrected chi connectivity index (χ0v) is 11.6. The van der Waals surface area contributed by atoms with E-state index < -0.39 is 0 Å². The maximum atomic E-state index is 9.70. The van der Waals surface area contributed by atoms with Gasteiger partial charge in [0.1, 0.15) is 5.82 Å². The molecule has 6 heteroatoms. The first kappa shape index (κ1) is 12.6. The molecule has 1 aliphatic heterocycles. The van der Waals surface area contributed by atoms with Crippen molar-refractivity contribution in [3.8, 4) is 0 Å². The molecule has 1 saturated heterocycles. The Labute approximate surface area is 109 Å². The Morgan fingerprint density at radius 2 is 2.35 bits per heavy atom. The summed E-state index contributed by atoms with van der Waals surface area (Å²) < 4.78 is 0.855. The maximum Gasteiger partial charge on any atom is 0.227 e. The van der Waals surface area contributed by atoms with Crippen LogP contribution in [0.4, 0.5) is 11.8 Å². The molecule has 2 N–H and O–H groups in total. The Balaban J connectivity index is 2.17. The number of aromatic nitrogens is 2. The van der Waals surface area contributed by atoms with Crippen molar-refractivity contribution in [2.24, 2.45) is 5.92 Å². The molecule has 0 amide bonds. The van der Waals surface area contributed by atoms with Crippen molar-refractivity contribution in [1.82, 2.24) is 9.97 Å². The normalized spacial score (nSPS) is 24.8. The van der Waals surface area contributed by atoms with Gasteiger partial charge < -0.3 is 15.3 Å². The molecule has 1 aromatic heterocycles. The van der Waals surface area contributed by atoms with E-state index in [-0.39, 0.29) is 12.0 Å². The first-order chi connectivity index (χ1) is 8.11. The van der Waals surface area contributed by atoms with E-state index in [1.54, 1.807) is 6.20 Å². The highest BCUT2D eigenvalue weighted by Crippen LogP contribution is 2.24. The second-order valence-electron chi connectivity index (χ2n) is 4.40. The lowest BCUT2D eigenvalue weighted by atomic mass is 9.97. The number of rotatable bonds is 2. The van der Waals surface area contributed by atoms with Crippen molar-refractivity contribution < 1.29 is 5.11 Å². The summed E-state index contributed by atoms with van der Waals surface area (Å²) in [7, 11) is 1.83. The Kier molecular flexibility index (Phi) is 3.83. The minimum atomic E-state index is -0.203. The average Bonchev–Trinajstić information content (AvgIpc) is 2.33. The fourth-order valence-corrected chi connectivity index (χ4v) is 2.39. The van der Waals surface area contributed by atoms with E-state index in [2.05, 4.69) is 43.0 Å². The van der Waals surface area contributed by atoms with E-state index in [1.165, 1.54) is 0 Å². The van der Waals surface area contributed by atoms with Gasteiger partial charge in [0.15, 0.2) is 0 Å². The van der Waals surface area contributed by atoms with Gasteiger partial charge in [-0.25, -0.2) is 4.98 Å². The predicted molar refractivity (Wildman–Crippen MR) is 71.3 cm³/mol. The number of nitrogens with zero attached hydrogens (tertiary/aromatic N) is 3. The van der Waals surface area contributed by atoms with Gasteiger partial charge in [0, 0.05) is 26.3 Å². The van der Waals surface area contributed by atoms with Gasteiger partial charge in [-0.3, -0.25) is 0 Å². The first-order valence-corrected chi connectivity index (χ1v) is 6.54. The molecule has 2 unspecified atom stereocenters. The fraction of sp³-hybridized carbons (Fsp3) is 0.636. The summed E-state index contributed by atoms with van der Waals surface area (Å²) in [5.74, 6) is 1.76. The molecule has 2 heterocycles. The molecular formula is C11H17BrN4O. The summed E-state index contributed by atoms with van der Waals surface area (Å²) >= 11 is 3.39. The number of anilines is 2. The van der Waals surface area contributed by atoms with Gasteiger partial charge >= 0.3 is 0 Å². The Hall–Kier alpha value is -0.880. The highest BCUT2D eigenvalue weighted by molar-refractivity contribution is 9.10. The number of nitrogens with one attached hydrogen (secondary N) is 1. The SMILES string of the molecule is CNc1nc(N2CCC(O)C(C)C2)ncc1Br. The fourth-order valence-electron chi connectivity index (χ4n) is 2.00. The maximum absolute atomic E-state index is 9.70. The molecule has 2 rings (SSSR count). The number of hydrogen-bond donors (Lipinski definition) is 2. The smallest absolute Gasteiger partial charge is 0.227 e. The summed E-state index contributed by atoms with van der Waals surface area (Å²) in [6.07, 6.45) is 2.32. The Morgan fingerprint density at radius 1 is 1.59 bits per heavy atom. The molecule has 1 fully saturated rings. The molecule has 0 spiro atoms. The summed E-state index contributed by atoms with van der Waals surface area (Å²) in [6.45, 7) is 3.65. The molecule has 0 aliphatic carbocycles. The van der Waals surface area contributed by atoms with Crippen LogP contribution in [0.1, 0.15) is 13.3 Å². The van der Waals surface area contributed by atoms with E-state index in [0.29, 0.717) is 0 Å². The number of halogens is 1. The van der Waals surface area contributed by atoms with Gasteiger partial charge in [-0.05, 0) is 28.3 Å². The van der Waals surface area contributed by atoms with E-state index in [9.17, 15) is 5.11 Å². The minimum absolute atomic E-state index is 0.203. The summed E-state index contributed by atoms with van der Waals surface area (Å²) in [5.41, 5.74) is 0. The van der Waals surface area contributed by atoms with Gasteiger partial charge in [0.25, 0.3) is 0 Å². The second kappa shape index (κ2) is 5.18. The molecular weight excluding hydrogens is 284 g/mol. The highest BCUT2D eigenvalue weighted by Gasteiger charge is 2.25.